The van der Waals surface area contributed by atoms with Crippen LogP contribution in [0, 0.1) is 23.7 Å². The van der Waals surface area contributed by atoms with E-state index in [-0.39, 0.29) is 50.9 Å². The van der Waals surface area contributed by atoms with Crippen LogP contribution in [0.1, 0.15) is 23.2 Å². The number of hydrogen-bond acceptors (Lipinski definition) is 6. The number of hydrogen-bond donors (Lipinski definition) is 0. The van der Waals surface area contributed by atoms with Gasteiger partial charge >= 0.3 is 5.97 Å². The zero-order chi connectivity index (χ0) is 22.3. The summed E-state index contributed by atoms with van der Waals surface area (Å²) in [5.74, 6) is -1.58. The number of esters is 1. The summed E-state index contributed by atoms with van der Waals surface area (Å²) in [5.41, 5.74) is 0.446. The molecule has 7 atom stereocenters. The summed E-state index contributed by atoms with van der Waals surface area (Å²) in [6, 6.07) is 7.57. The van der Waals surface area contributed by atoms with E-state index >= 15 is 0 Å². The molecular formula is C22H23Br2NO5S. The number of likely N-dealkylation sites (tertiary alicyclic amines) is 1. The number of amides is 2. The molecule has 0 radical (unpaired) electrons. The van der Waals surface area contributed by atoms with Gasteiger partial charge in [-0.2, -0.15) is 11.8 Å². The van der Waals surface area contributed by atoms with E-state index in [0.29, 0.717) is 17.7 Å². The molecule has 31 heavy (non-hydrogen) atoms. The van der Waals surface area contributed by atoms with Crippen LogP contribution in [0.5, 0.6) is 0 Å². The molecule has 3 aliphatic rings. The van der Waals surface area contributed by atoms with Gasteiger partial charge in [0.05, 0.1) is 11.8 Å². The number of ketones is 1. The van der Waals surface area contributed by atoms with Crippen molar-refractivity contribution in [2.75, 3.05) is 18.6 Å². The number of halogens is 2. The normalized spacial score (nSPS) is 32.3. The Morgan fingerprint density at radius 3 is 2.23 bits per heavy atom. The van der Waals surface area contributed by atoms with Crippen molar-refractivity contribution in [1.82, 2.24) is 4.90 Å². The van der Waals surface area contributed by atoms with E-state index in [1.807, 2.05) is 6.26 Å². The molecule has 1 heterocycles. The van der Waals surface area contributed by atoms with Crippen molar-refractivity contribution >= 4 is 67.2 Å². The van der Waals surface area contributed by atoms with Gasteiger partial charge in [-0.15, -0.1) is 0 Å². The van der Waals surface area contributed by atoms with E-state index in [1.54, 1.807) is 30.3 Å². The molecule has 0 aromatic heterocycles. The molecule has 1 aromatic rings. The van der Waals surface area contributed by atoms with Crippen molar-refractivity contribution in [3.63, 3.8) is 0 Å². The zero-order valence-electron chi connectivity index (χ0n) is 16.9. The van der Waals surface area contributed by atoms with Gasteiger partial charge in [-0.1, -0.05) is 62.2 Å². The first kappa shape index (κ1) is 23.0. The number of Topliss-reactive ketones (excluding diaryl/α,β-unsaturated/α-hetero) is 1. The number of benzene rings is 1. The zero-order valence-corrected chi connectivity index (χ0v) is 20.9. The molecule has 166 valence electrons. The second-order valence-electron chi connectivity index (χ2n) is 8.24. The van der Waals surface area contributed by atoms with E-state index in [9.17, 15) is 19.2 Å². The molecule has 1 aliphatic heterocycles. The van der Waals surface area contributed by atoms with Crippen molar-refractivity contribution in [1.29, 1.82) is 0 Å². The van der Waals surface area contributed by atoms with E-state index in [1.165, 1.54) is 11.8 Å². The lowest BCUT2D eigenvalue weighted by atomic mass is 9.81. The van der Waals surface area contributed by atoms with E-state index in [2.05, 4.69) is 31.9 Å². The molecule has 0 N–H and O–H groups in total. The third kappa shape index (κ3) is 4.02. The number of fused-ring (bicyclic) bond motifs is 5. The first-order chi connectivity index (χ1) is 14.9. The third-order valence-electron chi connectivity index (χ3n) is 6.64. The van der Waals surface area contributed by atoms with Gasteiger partial charge in [-0.3, -0.25) is 19.3 Å². The van der Waals surface area contributed by atoms with Gasteiger partial charge in [0, 0.05) is 15.2 Å². The standard InChI is InChI=1S/C22H23Br2NO5S/c1-31-8-7-14(22(29)30-10-15(26)11-5-3-2-4-6-11)25-20(27)16-12-9-13(17(16)21(25)28)19(24)18(12)23/h2-6,12-14,16-19H,7-10H2,1H3/t12-,13-,14-,16-,17-,18-,19+/m0/s1. The molecule has 2 aliphatic carbocycles. The Bertz CT molecular complexity index is 865. The number of thioether (sulfide) groups is 1. The summed E-state index contributed by atoms with van der Waals surface area (Å²) in [4.78, 5) is 53.3. The number of rotatable bonds is 8. The van der Waals surface area contributed by atoms with Crippen LogP contribution in [-0.4, -0.2) is 62.8 Å². The van der Waals surface area contributed by atoms with Crippen LogP contribution in [0.15, 0.2) is 30.3 Å². The van der Waals surface area contributed by atoms with Gasteiger partial charge in [-0.05, 0) is 36.7 Å². The van der Waals surface area contributed by atoms with Crippen LogP contribution in [0.25, 0.3) is 0 Å². The fraction of sp³-hybridized carbons (Fsp3) is 0.545. The minimum Gasteiger partial charge on any atom is -0.456 e. The Balaban J connectivity index is 1.50. The number of nitrogens with zero attached hydrogens (tertiary/aromatic N) is 1. The number of carbonyl (C=O) groups excluding carboxylic acids is 4. The minimum absolute atomic E-state index is 0.0812. The minimum atomic E-state index is -0.997. The third-order valence-corrected chi connectivity index (χ3v) is 10.5. The van der Waals surface area contributed by atoms with Crippen molar-refractivity contribution in [2.45, 2.75) is 28.5 Å². The largest absolute Gasteiger partial charge is 0.456 e. The van der Waals surface area contributed by atoms with Crippen LogP contribution in [0.4, 0.5) is 0 Å². The molecule has 4 rings (SSSR count). The number of imide groups is 1. The lowest BCUT2D eigenvalue weighted by Gasteiger charge is -2.28. The van der Waals surface area contributed by atoms with Crippen LogP contribution in [0.3, 0.4) is 0 Å². The van der Waals surface area contributed by atoms with Crippen molar-refractivity contribution in [3.8, 4) is 0 Å². The lowest BCUT2D eigenvalue weighted by molar-refractivity contribution is -0.158. The fourth-order valence-electron chi connectivity index (χ4n) is 5.20. The second kappa shape index (κ2) is 9.35. The highest BCUT2D eigenvalue weighted by Gasteiger charge is 2.67. The average molecular weight is 573 g/mol. The molecule has 2 saturated carbocycles. The van der Waals surface area contributed by atoms with Crippen LogP contribution >= 0.6 is 43.6 Å². The molecule has 6 nitrogen and oxygen atoms in total. The highest BCUT2D eigenvalue weighted by molar-refractivity contribution is 9.12. The van der Waals surface area contributed by atoms with E-state index in [0.717, 1.165) is 11.3 Å². The Morgan fingerprint density at radius 2 is 1.68 bits per heavy atom. The van der Waals surface area contributed by atoms with Gasteiger partial charge in [0.25, 0.3) is 0 Å². The quantitative estimate of drug-likeness (QED) is 0.206. The maximum absolute atomic E-state index is 13.3. The number of ether oxygens (including phenoxy) is 1. The summed E-state index contributed by atoms with van der Waals surface area (Å²) in [5, 5.41) is 0. The summed E-state index contributed by atoms with van der Waals surface area (Å²) < 4.78 is 5.30. The average Bonchev–Trinajstić information content (AvgIpc) is 3.38. The van der Waals surface area contributed by atoms with Crippen molar-refractivity contribution in [3.05, 3.63) is 35.9 Å². The molecular weight excluding hydrogens is 550 g/mol. The highest BCUT2D eigenvalue weighted by atomic mass is 79.9. The number of carbonyl (C=O) groups is 4. The van der Waals surface area contributed by atoms with Crippen LogP contribution < -0.4 is 0 Å². The van der Waals surface area contributed by atoms with E-state index in [4.69, 9.17) is 4.74 Å². The molecule has 2 amide bonds. The highest BCUT2D eigenvalue weighted by Crippen LogP contribution is 2.60. The predicted molar refractivity (Wildman–Crippen MR) is 124 cm³/mol. The SMILES string of the molecule is CSCC[C@@H](C(=O)OCC(=O)c1ccccc1)N1C(=O)[C@H]2[C@@H]3C[C@H]([C@@H](Br)[C@H]3Br)[C@@H]2C1=O. The summed E-state index contributed by atoms with van der Waals surface area (Å²) in [6.07, 6.45) is 3.04. The maximum atomic E-state index is 13.3. The summed E-state index contributed by atoms with van der Waals surface area (Å²) >= 11 is 8.87. The van der Waals surface area contributed by atoms with Gasteiger partial charge in [0.15, 0.2) is 12.4 Å². The molecule has 1 saturated heterocycles. The first-order valence-electron chi connectivity index (χ1n) is 10.3. The van der Waals surface area contributed by atoms with Gasteiger partial charge in [0.1, 0.15) is 6.04 Å². The Hall–Kier alpha value is -1.19. The van der Waals surface area contributed by atoms with Crippen LogP contribution in [-0.2, 0) is 19.1 Å². The molecule has 3 fully saturated rings. The van der Waals surface area contributed by atoms with Gasteiger partial charge in [0.2, 0.25) is 11.8 Å². The molecule has 0 unspecified atom stereocenters. The molecule has 9 heteroatoms. The topological polar surface area (TPSA) is 80.8 Å². The Labute approximate surface area is 202 Å². The second-order valence-corrected chi connectivity index (χ2v) is 11.3. The smallest absolute Gasteiger partial charge is 0.329 e. The first-order valence-corrected chi connectivity index (χ1v) is 13.5. The maximum Gasteiger partial charge on any atom is 0.329 e. The van der Waals surface area contributed by atoms with Crippen LogP contribution in [0.2, 0.25) is 0 Å². The van der Waals surface area contributed by atoms with Gasteiger partial charge < -0.3 is 4.74 Å². The van der Waals surface area contributed by atoms with Crippen molar-refractivity contribution < 1.29 is 23.9 Å². The Kier molecular flexibility index (Phi) is 6.93. The summed E-state index contributed by atoms with van der Waals surface area (Å²) in [6.45, 7) is -0.417. The Morgan fingerprint density at radius 1 is 1.10 bits per heavy atom. The molecule has 2 bridgehead atoms. The fourth-order valence-corrected chi connectivity index (χ4v) is 7.53. The molecule has 1 aromatic carbocycles. The molecule has 0 spiro atoms. The lowest BCUT2D eigenvalue weighted by Crippen LogP contribution is -2.47. The van der Waals surface area contributed by atoms with Gasteiger partial charge in [-0.25, -0.2) is 4.79 Å². The van der Waals surface area contributed by atoms with E-state index < -0.39 is 18.6 Å². The van der Waals surface area contributed by atoms with Crippen molar-refractivity contribution in [2.24, 2.45) is 23.7 Å². The summed E-state index contributed by atoms with van der Waals surface area (Å²) in [7, 11) is 0. The number of alkyl halides is 2. The predicted octanol–water partition coefficient (Wildman–Crippen LogP) is 3.31. The monoisotopic (exact) mass is 571 g/mol.